The van der Waals surface area contributed by atoms with Crippen LogP contribution in [0.1, 0.15) is 44.5 Å². The second kappa shape index (κ2) is 9.01. The van der Waals surface area contributed by atoms with E-state index >= 15 is 0 Å². The average Bonchev–Trinajstić information content (AvgIpc) is 3.41. The van der Waals surface area contributed by atoms with Crippen molar-refractivity contribution in [2.45, 2.75) is 51.3 Å². The number of carboxylic acid groups (broad SMARTS) is 1. The van der Waals surface area contributed by atoms with Crippen LogP contribution >= 0.6 is 0 Å². The molecule has 1 saturated heterocycles. The molecule has 0 unspecified atom stereocenters. The Bertz CT molecular complexity index is 1120. The summed E-state index contributed by atoms with van der Waals surface area (Å²) in [4.78, 5) is 27.0. The molecular weight excluding hydrogens is 422 g/mol. The minimum absolute atomic E-state index is 0.170. The molecule has 1 N–H and O–H groups in total. The van der Waals surface area contributed by atoms with Crippen LogP contribution in [-0.4, -0.2) is 60.5 Å². The van der Waals surface area contributed by atoms with Crippen molar-refractivity contribution in [2.24, 2.45) is 0 Å². The van der Waals surface area contributed by atoms with E-state index in [9.17, 15) is 14.7 Å². The second-order valence-electron chi connectivity index (χ2n) is 9.16. The van der Waals surface area contributed by atoms with Gasteiger partial charge in [0.15, 0.2) is 5.82 Å². The quantitative estimate of drug-likeness (QED) is 0.634. The van der Waals surface area contributed by atoms with E-state index in [1.165, 1.54) is 9.70 Å². The number of nitrogens with zero attached hydrogens (tertiary/aromatic N) is 5. The highest BCUT2D eigenvalue weighted by Gasteiger charge is 2.43. The van der Waals surface area contributed by atoms with Crippen LogP contribution in [-0.2, 0) is 16.1 Å². The first-order valence-corrected chi connectivity index (χ1v) is 10.8. The van der Waals surface area contributed by atoms with E-state index in [0.29, 0.717) is 12.4 Å². The summed E-state index contributed by atoms with van der Waals surface area (Å²) in [5.41, 5.74) is 2.58. The maximum absolute atomic E-state index is 12.5. The number of carboxylic acids is 1. The lowest BCUT2D eigenvalue weighted by Crippen LogP contribution is -2.43. The smallest absolute Gasteiger partial charge is 0.411 e. The minimum Gasteiger partial charge on any atom is -0.480 e. The number of aliphatic carboxylic acids is 1. The van der Waals surface area contributed by atoms with E-state index in [4.69, 9.17) is 4.74 Å². The molecular formula is C24H27N5O4. The first-order chi connectivity index (χ1) is 15.7. The SMILES string of the molecule is CC(C)(C)OC(=O)N1C[C@H](c2nnn(Cc3ccc(-c4ccccc4)cc3)n2)C[C@H]1C(=O)O. The largest absolute Gasteiger partial charge is 0.480 e. The summed E-state index contributed by atoms with van der Waals surface area (Å²) in [5.74, 6) is -0.977. The van der Waals surface area contributed by atoms with Gasteiger partial charge in [-0.05, 0) is 49.1 Å². The van der Waals surface area contributed by atoms with E-state index < -0.39 is 23.7 Å². The Morgan fingerprint density at radius 2 is 1.73 bits per heavy atom. The number of amides is 1. The minimum atomic E-state index is -1.07. The van der Waals surface area contributed by atoms with Crippen molar-refractivity contribution >= 4 is 12.1 Å². The lowest BCUT2D eigenvalue weighted by molar-refractivity contribution is -0.142. The van der Waals surface area contributed by atoms with Crippen molar-refractivity contribution < 1.29 is 19.4 Å². The lowest BCUT2D eigenvalue weighted by Gasteiger charge is -2.26. The molecule has 1 aliphatic rings. The lowest BCUT2D eigenvalue weighted by atomic mass is 10.0. The third-order valence-electron chi connectivity index (χ3n) is 5.43. The molecule has 2 aromatic carbocycles. The van der Waals surface area contributed by atoms with Crippen LogP contribution in [0.15, 0.2) is 54.6 Å². The molecule has 33 heavy (non-hydrogen) atoms. The van der Waals surface area contributed by atoms with Gasteiger partial charge in [-0.15, -0.1) is 10.2 Å². The van der Waals surface area contributed by atoms with Crippen molar-refractivity contribution in [3.63, 3.8) is 0 Å². The van der Waals surface area contributed by atoms with Gasteiger partial charge in [-0.2, -0.15) is 4.80 Å². The molecule has 0 spiro atoms. The number of tetrazole rings is 1. The van der Waals surface area contributed by atoms with E-state index in [2.05, 4.69) is 39.7 Å². The van der Waals surface area contributed by atoms with Crippen LogP contribution in [0.25, 0.3) is 11.1 Å². The van der Waals surface area contributed by atoms with Crippen molar-refractivity contribution in [1.29, 1.82) is 0 Å². The van der Waals surface area contributed by atoms with Gasteiger partial charge in [-0.1, -0.05) is 54.6 Å². The van der Waals surface area contributed by atoms with Gasteiger partial charge in [-0.3, -0.25) is 4.90 Å². The average molecular weight is 450 g/mol. The summed E-state index contributed by atoms with van der Waals surface area (Å²) in [6, 6.07) is 17.3. The number of aromatic nitrogens is 4. The Balaban J connectivity index is 1.43. The molecule has 9 heteroatoms. The first kappa shape index (κ1) is 22.4. The van der Waals surface area contributed by atoms with Crippen LogP contribution < -0.4 is 0 Å². The summed E-state index contributed by atoms with van der Waals surface area (Å²) in [7, 11) is 0. The van der Waals surface area contributed by atoms with Crippen LogP contribution in [0.4, 0.5) is 4.79 Å². The van der Waals surface area contributed by atoms with Crippen molar-refractivity contribution in [3.05, 3.63) is 66.0 Å². The summed E-state index contributed by atoms with van der Waals surface area (Å²) in [6.07, 6.45) is -0.435. The first-order valence-electron chi connectivity index (χ1n) is 10.8. The number of rotatable bonds is 5. The highest BCUT2D eigenvalue weighted by molar-refractivity contribution is 5.81. The van der Waals surface area contributed by atoms with Gasteiger partial charge < -0.3 is 9.84 Å². The zero-order valence-electron chi connectivity index (χ0n) is 18.9. The maximum atomic E-state index is 12.5. The monoisotopic (exact) mass is 449 g/mol. The van der Waals surface area contributed by atoms with Gasteiger partial charge in [0.05, 0.1) is 6.54 Å². The fourth-order valence-corrected chi connectivity index (χ4v) is 3.86. The third-order valence-corrected chi connectivity index (χ3v) is 5.43. The number of benzene rings is 2. The predicted molar refractivity (Wildman–Crippen MR) is 121 cm³/mol. The van der Waals surface area contributed by atoms with E-state index in [0.717, 1.165) is 16.7 Å². The molecule has 1 aromatic heterocycles. The molecule has 9 nitrogen and oxygen atoms in total. The number of ether oxygens (including phenoxy) is 1. The number of likely N-dealkylation sites (tertiary alicyclic amines) is 1. The van der Waals surface area contributed by atoms with E-state index in [-0.39, 0.29) is 18.9 Å². The summed E-state index contributed by atoms with van der Waals surface area (Å²) in [6.45, 7) is 5.84. The Labute approximate surface area is 192 Å². The Kier molecular flexibility index (Phi) is 6.13. The molecule has 1 fully saturated rings. The normalized spacial score (nSPS) is 18.3. The maximum Gasteiger partial charge on any atom is 0.411 e. The van der Waals surface area contributed by atoms with Gasteiger partial charge in [-0.25, -0.2) is 9.59 Å². The highest BCUT2D eigenvalue weighted by Crippen LogP contribution is 2.31. The molecule has 0 saturated carbocycles. The fraction of sp³-hybridized carbons (Fsp3) is 0.375. The van der Waals surface area contributed by atoms with Crippen LogP contribution in [0, 0.1) is 0 Å². The van der Waals surface area contributed by atoms with Crippen LogP contribution in [0.5, 0.6) is 0 Å². The number of hydrogen-bond donors (Lipinski definition) is 1. The van der Waals surface area contributed by atoms with Gasteiger partial charge in [0.25, 0.3) is 0 Å². The fourth-order valence-electron chi connectivity index (χ4n) is 3.86. The molecule has 4 rings (SSSR count). The standard InChI is InChI=1S/C24H27N5O4/c1-24(2,3)33-23(32)28-15-19(13-20(28)22(30)31)21-25-27-29(26-21)14-16-9-11-18(12-10-16)17-7-5-4-6-8-17/h4-12,19-20H,13-15H2,1-3H3,(H,30,31)/t19-,20+/m1/s1. The molecule has 0 aliphatic carbocycles. The van der Waals surface area contributed by atoms with Gasteiger partial charge in [0, 0.05) is 12.5 Å². The molecule has 0 radical (unpaired) electrons. The Morgan fingerprint density at radius 1 is 1.06 bits per heavy atom. The zero-order valence-corrected chi connectivity index (χ0v) is 18.9. The summed E-state index contributed by atoms with van der Waals surface area (Å²) >= 11 is 0. The van der Waals surface area contributed by atoms with Crippen molar-refractivity contribution in [2.75, 3.05) is 6.54 Å². The highest BCUT2D eigenvalue weighted by atomic mass is 16.6. The summed E-state index contributed by atoms with van der Waals surface area (Å²) < 4.78 is 5.37. The Morgan fingerprint density at radius 3 is 2.36 bits per heavy atom. The number of hydrogen-bond acceptors (Lipinski definition) is 6. The Hall–Kier alpha value is -3.75. The van der Waals surface area contributed by atoms with Crippen LogP contribution in [0.3, 0.4) is 0 Å². The van der Waals surface area contributed by atoms with Crippen molar-refractivity contribution in [3.8, 4) is 11.1 Å². The zero-order chi connectivity index (χ0) is 23.6. The third kappa shape index (κ3) is 5.36. The molecule has 3 aromatic rings. The molecule has 2 atom stereocenters. The van der Waals surface area contributed by atoms with Gasteiger partial charge >= 0.3 is 12.1 Å². The molecule has 1 amide bonds. The van der Waals surface area contributed by atoms with Gasteiger partial charge in [0.1, 0.15) is 11.6 Å². The number of carbonyl (C=O) groups is 2. The molecule has 0 bridgehead atoms. The molecule has 2 heterocycles. The second-order valence-corrected chi connectivity index (χ2v) is 9.16. The summed E-state index contributed by atoms with van der Waals surface area (Å²) in [5, 5.41) is 22.3. The molecule has 172 valence electrons. The predicted octanol–water partition coefficient (Wildman–Crippen LogP) is 3.57. The van der Waals surface area contributed by atoms with Gasteiger partial charge in [0.2, 0.25) is 0 Å². The van der Waals surface area contributed by atoms with Crippen LogP contribution in [0.2, 0.25) is 0 Å². The molecule has 1 aliphatic heterocycles. The van der Waals surface area contributed by atoms with E-state index in [1.807, 2.05) is 30.3 Å². The topological polar surface area (TPSA) is 110 Å². The van der Waals surface area contributed by atoms with Crippen molar-refractivity contribution in [1.82, 2.24) is 25.1 Å². The number of carbonyl (C=O) groups excluding carboxylic acids is 1. The van der Waals surface area contributed by atoms with E-state index in [1.54, 1.807) is 20.8 Å².